The molecular formula is C27H30F2N2O3S. The van der Waals surface area contributed by atoms with E-state index in [9.17, 15) is 23.8 Å². The van der Waals surface area contributed by atoms with Gasteiger partial charge in [-0.15, -0.1) is 12.6 Å². The first-order chi connectivity index (χ1) is 16.5. The van der Waals surface area contributed by atoms with Gasteiger partial charge in [0.1, 0.15) is 5.60 Å². The molecular weight excluding hydrogens is 470 g/mol. The molecule has 0 amide bonds. The van der Waals surface area contributed by atoms with Crippen LogP contribution < -0.4 is 0 Å². The second-order valence-electron chi connectivity index (χ2n) is 11.6. The molecule has 1 aromatic carbocycles. The van der Waals surface area contributed by atoms with Gasteiger partial charge in [-0.2, -0.15) is 5.10 Å². The van der Waals surface area contributed by atoms with Crippen molar-refractivity contribution < 1.29 is 23.8 Å². The molecule has 0 bridgehead atoms. The molecule has 3 fully saturated rings. The number of aliphatic hydroxyl groups excluding tert-OH is 1. The Balaban J connectivity index is 1.38. The quantitative estimate of drug-likeness (QED) is 0.531. The third-order valence-corrected chi connectivity index (χ3v) is 10.4. The van der Waals surface area contributed by atoms with Crippen LogP contribution in [0.5, 0.6) is 0 Å². The molecule has 3 saturated carbocycles. The van der Waals surface area contributed by atoms with E-state index in [-0.39, 0.29) is 23.2 Å². The zero-order valence-electron chi connectivity index (χ0n) is 19.8. The van der Waals surface area contributed by atoms with Crippen LogP contribution in [0.25, 0.3) is 11.8 Å². The van der Waals surface area contributed by atoms with E-state index in [0.29, 0.717) is 24.9 Å². The van der Waals surface area contributed by atoms with Gasteiger partial charge in [0, 0.05) is 11.5 Å². The molecule has 2 N–H and O–H groups in total. The number of allylic oxidation sites excluding steroid dienone is 1. The largest absolute Gasteiger partial charge is 0.393 e. The van der Waals surface area contributed by atoms with Crippen molar-refractivity contribution in [1.82, 2.24) is 9.78 Å². The first kappa shape index (κ1) is 23.4. The molecule has 1 aromatic heterocycles. The molecule has 2 aromatic rings. The molecule has 0 spiro atoms. The minimum Gasteiger partial charge on any atom is -0.393 e. The van der Waals surface area contributed by atoms with E-state index in [2.05, 4.69) is 30.7 Å². The van der Waals surface area contributed by atoms with Crippen molar-refractivity contribution in [2.75, 3.05) is 0 Å². The number of halogens is 2. The van der Waals surface area contributed by atoms with Crippen LogP contribution in [-0.4, -0.2) is 36.8 Å². The van der Waals surface area contributed by atoms with E-state index >= 15 is 0 Å². The molecule has 4 aliphatic rings. The Bertz CT molecular complexity index is 1280. The van der Waals surface area contributed by atoms with Gasteiger partial charge in [0.2, 0.25) is 5.12 Å². The fourth-order valence-electron chi connectivity index (χ4n) is 8.36. The lowest BCUT2D eigenvalue weighted by Gasteiger charge is -2.60. The van der Waals surface area contributed by atoms with Crippen molar-refractivity contribution in [3.8, 4) is 5.69 Å². The van der Waals surface area contributed by atoms with E-state index in [0.717, 1.165) is 42.7 Å². The van der Waals surface area contributed by atoms with E-state index in [1.807, 2.05) is 6.92 Å². The summed E-state index contributed by atoms with van der Waals surface area (Å²) < 4.78 is 29.0. The zero-order valence-corrected chi connectivity index (χ0v) is 20.7. The monoisotopic (exact) mass is 500 g/mol. The topological polar surface area (TPSA) is 75.3 Å². The summed E-state index contributed by atoms with van der Waals surface area (Å²) >= 11 is 4.03. The van der Waals surface area contributed by atoms with Crippen LogP contribution in [0.4, 0.5) is 8.78 Å². The highest BCUT2D eigenvalue weighted by atomic mass is 32.1. The van der Waals surface area contributed by atoms with Crippen LogP contribution >= 0.6 is 12.6 Å². The fourth-order valence-corrected chi connectivity index (χ4v) is 8.73. The summed E-state index contributed by atoms with van der Waals surface area (Å²) in [7, 11) is 0. The van der Waals surface area contributed by atoms with E-state index < -0.39 is 33.9 Å². The van der Waals surface area contributed by atoms with Gasteiger partial charge in [0.15, 0.2) is 11.6 Å². The van der Waals surface area contributed by atoms with Gasteiger partial charge in [-0.05, 0) is 85.5 Å². The van der Waals surface area contributed by atoms with Crippen molar-refractivity contribution >= 4 is 23.8 Å². The number of aromatic nitrogens is 2. The summed E-state index contributed by atoms with van der Waals surface area (Å²) in [6, 6.07) is 3.78. The normalized spacial score (nSPS) is 39.8. The Morgan fingerprint density at radius 3 is 2.71 bits per heavy atom. The maximum Gasteiger partial charge on any atom is 0.218 e. The van der Waals surface area contributed by atoms with E-state index in [1.165, 1.54) is 11.6 Å². The lowest BCUT2D eigenvalue weighted by atomic mass is 9.45. The molecule has 0 radical (unpaired) electrons. The van der Waals surface area contributed by atoms with Crippen molar-refractivity contribution in [1.29, 1.82) is 0 Å². The summed E-state index contributed by atoms with van der Waals surface area (Å²) in [5.41, 5.74) is 1.09. The number of rotatable bonds is 2. The first-order valence-electron chi connectivity index (χ1n) is 12.4. The molecule has 35 heavy (non-hydrogen) atoms. The van der Waals surface area contributed by atoms with Crippen molar-refractivity contribution in [2.24, 2.45) is 28.6 Å². The van der Waals surface area contributed by atoms with Crippen LogP contribution in [0, 0.1) is 40.2 Å². The van der Waals surface area contributed by atoms with Gasteiger partial charge < -0.3 is 10.2 Å². The maximum atomic E-state index is 13.9. The average Bonchev–Trinajstić information content (AvgIpc) is 3.31. The molecule has 5 nitrogen and oxygen atoms in total. The number of benzene rings is 1. The van der Waals surface area contributed by atoms with Crippen LogP contribution in [0.3, 0.4) is 0 Å². The summed E-state index contributed by atoms with van der Waals surface area (Å²) in [6.07, 6.45) is 7.15. The SMILES string of the molecule is C[C@@]12Cc3cnn(-c4ccc(F)c(F)c4)c3C=C1CC[C@H]1[C@H]2[C@H](O)C[C@]2(C)[C@@H]1CC[C@@]2(O)C(=O)S. The highest BCUT2D eigenvalue weighted by Crippen LogP contribution is 2.67. The smallest absolute Gasteiger partial charge is 0.218 e. The molecule has 0 unspecified atom stereocenters. The Kier molecular flexibility index (Phi) is 5.00. The molecule has 8 heteroatoms. The van der Waals surface area contributed by atoms with Gasteiger partial charge >= 0.3 is 0 Å². The third kappa shape index (κ3) is 2.99. The van der Waals surface area contributed by atoms with Crippen LogP contribution in [0.1, 0.15) is 57.2 Å². The van der Waals surface area contributed by atoms with Gasteiger partial charge in [-0.25, -0.2) is 13.5 Å². The highest BCUT2D eigenvalue weighted by molar-refractivity contribution is 7.96. The Labute approximate surface area is 208 Å². The van der Waals surface area contributed by atoms with Crippen molar-refractivity contribution in [3.05, 3.63) is 52.9 Å². The number of carbonyl (C=O) groups excluding carboxylic acids is 1. The number of carbonyl (C=O) groups is 1. The fraction of sp³-hybridized carbons (Fsp3) is 0.556. The number of hydrogen-bond acceptors (Lipinski definition) is 4. The zero-order chi connectivity index (χ0) is 24.9. The molecule has 0 saturated heterocycles. The molecule has 7 atom stereocenters. The Morgan fingerprint density at radius 2 is 2.00 bits per heavy atom. The van der Waals surface area contributed by atoms with Gasteiger partial charge in [0.05, 0.1) is 23.7 Å². The maximum absolute atomic E-state index is 13.9. The number of thiol groups is 1. The summed E-state index contributed by atoms with van der Waals surface area (Å²) in [4.78, 5) is 12.4. The van der Waals surface area contributed by atoms with Gasteiger partial charge in [0.25, 0.3) is 0 Å². The minimum absolute atomic E-state index is 0.00212. The second kappa shape index (κ2) is 7.49. The van der Waals surface area contributed by atoms with Crippen molar-refractivity contribution in [2.45, 2.75) is 64.1 Å². The minimum atomic E-state index is -1.50. The molecule has 6 rings (SSSR count). The second-order valence-corrected chi connectivity index (χ2v) is 12.0. The number of aliphatic hydroxyl groups is 2. The third-order valence-electron chi connectivity index (χ3n) is 10.1. The van der Waals surface area contributed by atoms with Gasteiger partial charge in [-0.1, -0.05) is 19.4 Å². The number of nitrogens with zero attached hydrogens (tertiary/aromatic N) is 2. The van der Waals surface area contributed by atoms with Crippen LogP contribution in [0.2, 0.25) is 0 Å². The number of hydrogen-bond donors (Lipinski definition) is 3. The Morgan fingerprint density at radius 1 is 1.23 bits per heavy atom. The average molecular weight is 501 g/mol. The summed E-state index contributed by atoms with van der Waals surface area (Å²) in [6.45, 7) is 4.17. The Hall–Kier alpha value is -2.03. The number of fused-ring (bicyclic) bond motifs is 6. The molecule has 186 valence electrons. The van der Waals surface area contributed by atoms with Crippen LogP contribution in [0.15, 0.2) is 30.0 Å². The van der Waals surface area contributed by atoms with E-state index in [1.54, 1.807) is 10.9 Å². The van der Waals surface area contributed by atoms with E-state index in [4.69, 9.17) is 0 Å². The van der Waals surface area contributed by atoms with Crippen LogP contribution in [-0.2, 0) is 11.2 Å². The summed E-state index contributed by atoms with van der Waals surface area (Å²) in [5, 5.41) is 26.8. The standard InChI is InChI=1S/C27H30F2N2O3S/c1-25-11-14-13-30-31(16-4-6-19(28)20(29)10-16)21(14)9-15(25)3-5-17-18-7-8-27(34,24(33)35)26(18,2)12-22(32)23(17)25/h4,6,9-10,13,17-18,22-23,32,34H,3,5,7-8,11-12H2,1-2H3,(H,33,35)/t17-,18-,22-,23+,25-,26-,27-/m1/s1. The first-order valence-corrected chi connectivity index (χ1v) is 12.8. The predicted molar refractivity (Wildman–Crippen MR) is 130 cm³/mol. The van der Waals surface area contributed by atoms with Crippen molar-refractivity contribution in [3.63, 3.8) is 0 Å². The molecule has 4 aliphatic carbocycles. The van der Waals surface area contributed by atoms with Gasteiger partial charge in [-0.3, -0.25) is 4.79 Å². The molecule has 1 heterocycles. The predicted octanol–water partition coefficient (Wildman–Crippen LogP) is 4.49. The lowest BCUT2D eigenvalue weighted by Crippen LogP contribution is -2.61. The molecule has 0 aliphatic heterocycles. The lowest BCUT2D eigenvalue weighted by molar-refractivity contribution is -0.173. The summed E-state index contributed by atoms with van der Waals surface area (Å²) in [5.74, 6) is -1.48. The highest BCUT2D eigenvalue weighted by Gasteiger charge is 2.68.